The van der Waals surface area contributed by atoms with Gasteiger partial charge in [-0.2, -0.15) is 0 Å². The normalized spacial score (nSPS) is 19.3. The van der Waals surface area contributed by atoms with Crippen LogP contribution in [-0.4, -0.2) is 64.2 Å². The van der Waals surface area contributed by atoms with Crippen LogP contribution < -0.4 is 19.7 Å². The number of halogens is 1. The Morgan fingerprint density at radius 3 is 1.38 bits per heavy atom. The molecule has 4 heterocycles. The number of hydrogen-bond acceptors (Lipinski definition) is 8. The van der Waals surface area contributed by atoms with Gasteiger partial charge in [0.05, 0.1) is 26.4 Å². The summed E-state index contributed by atoms with van der Waals surface area (Å²) in [5.74, 6) is 2.95. The van der Waals surface area contributed by atoms with Gasteiger partial charge in [-0.25, -0.2) is 0 Å². The second kappa shape index (κ2) is 16.8. The Labute approximate surface area is 291 Å². The van der Waals surface area contributed by atoms with Gasteiger partial charge in [-0.1, -0.05) is 36.4 Å². The molecular formula is C38H43IN2O6. The van der Waals surface area contributed by atoms with Gasteiger partial charge in [-0.05, 0) is 95.4 Å². The maximum atomic E-state index is 5.84. The van der Waals surface area contributed by atoms with Crippen molar-refractivity contribution in [3.63, 3.8) is 0 Å². The second-order valence-electron chi connectivity index (χ2n) is 11.7. The zero-order chi connectivity index (χ0) is 32.2. The van der Waals surface area contributed by atoms with Gasteiger partial charge in [0.25, 0.3) is 0 Å². The van der Waals surface area contributed by atoms with Gasteiger partial charge in [-0.15, -0.1) is 0 Å². The molecule has 0 aliphatic carbocycles. The number of hydrogen-bond donors (Lipinski definition) is 1. The number of rotatable bonds is 5. The molecule has 4 fully saturated rings. The van der Waals surface area contributed by atoms with E-state index in [1.807, 2.05) is 97.1 Å². The highest BCUT2D eigenvalue weighted by Crippen LogP contribution is 2.34. The quantitative estimate of drug-likeness (QED) is 0.206. The van der Waals surface area contributed by atoms with Crippen LogP contribution in [0.2, 0.25) is 0 Å². The van der Waals surface area contributed by atoms with E-state index in [4.69, 9.17) is 28.4 Å². The van der Waals surface area contributed by atoms with Crippen LogP contribution in [0.3, 0.4) is 0 Å². The van der Waals surface area contributed by atoms with Gasteiger partial charge in [0.1, 0.15) is 23.0 Å². The number of piperidine rings is 2. The summed E-state index contributed by atoms with van der Waals surface area (Å²) in [7, 11) is 0. The molecule has 47 heavy (non-hydrogen) atoms. The molecule has 0 aromatic heterocycles. The number of nitrogens with one attached hydrogen (secondary N) is 1. The van der Waals surface area contributed by atoms with Crippen LogP contribution in [0, 0.1) is 3.57 Å². The molecule has 2 spiro atoms. The Morgan fingerprint density at radius 2 is 0.915 bits per heavy atom. The average Bonchev–Trinajstić information content (AvgIpc) is 3.78. The number of para-hydroxylation sites is 2. The van der Waals surface area contributed by atoms with Crippen LogP contribution in [0.1, 0.15) is 25.7 Å². The maximum Gasteiger partial charge on any atom is 0.171 e. The SMILES string of the molecule is C1CC2(CCN1)OCCO2.Ic1ccc(Oc2ccccc2)cc1.c1ccc(Oc2ccc(N3CCC4(CC3)OCCO4)cc2)cc1. The average molecular weight is 751 g/mol. The van der Waals surface area contributed by atoms with Gasteiger partial charge >= 0.3 is 0 Å². The predicted molar refractivity (Wildman–Crippen MR) is 191 cm³/mol. The van der Waals surface area contributed by atoms with Crippen LogP contribution in [0.4, 0.5) is 5.69 Å². The zero-order valence-electron chi connectivity index (χ0n) is 26.7. The number of anilines is 1. The first-order valence-corrected chi connectivity index (χ1v) is 17.5. The van der Waals surface area contributed by atoms with Crippen molar-refractivity contribution in [2.75, 3.05) is 57.5 Å². The Balaban J connectivity index is 0.000000136. The lowest BCUT2D eigenvalue weighted by Gasteiger charge is -2.38. The van der Waals surface area contributed by atoms with Crippen molar-refractivity contribution < 1.29 is 28.4 Å². The molecule has 1 N–H and O–H groups in total. The van der Waals surface area contributed by atoms with Crippen molar-refractivity contribution in [3.8, 4) is 23.0 Å². The van der Waals surface area contributed by atoms with Crippen LogP contribution in [0.15, 0.2) is 109 Å². The second-order valence-corrected chi connectivity index (χ2v) is 13.0. The number of benzene rings is 4. The van der Waals surface area contributed by atoms with E-state index in [1.54, 1.807) is 0 Å². The van der Waals surface area contributed by atoms with Gasteiger partial charge in [0.2, 0.25) is 0 Å². The minimum atomic E-state index is -0.313. The fourth-order valence-corrected chi connectivity index (χ4v) is 6.32. The Bertz CT molecular complexity index is 1460. The molecule has 4 aromatic carbocycles. The van der Waals surface area contributed by atoms with Gasteiger partial charge in [-0.3, -0.25) is 0 Å². The summed E-state index contributed by atoms with van der Waals surface area (Å²) < 4.78 is 35.3. The fraction of sp³-hybridized carbons (Fsp3) is 0.368. The third-order valence-corrected chi connectivity index (χ3v) is 9.21. The van der Waals surface area contributed by atoms with Gasteiger partial charge in [0.15, 0.2) is 11.6 Å². The molecule has 4 aliphatic rings. The summed E-state index contributed by atoms with van der Waals surface area (Å²) in [4.78, 5) is 2.38. The molecule has 248 valence electrons. The molecule has 0 amide bonds. The summed E-state index contributed by atoms with van der Waals surface area (Å²) in [6.07, 6.45) is 3.87. The Hall–Kier alpha value is -3.19. The predicted octanol–water partition coefficient (Wildman–Crippen LogP) is 8.02. The highest BCUT2D eigenvalue weighted by Gasteiger charge is 2.40. The molecule has 0 bridgehead atoms. The highest BCUT2D eigenvalue weighted by atomic mass is 127. The van der Waals surface area contributed by atoms with Gasteiger partial charge in [0, 0.05) is 61.1 Å². The molecular weight excluding hydrogens is 707 g/mol. The first kappa shape index (κ1) is 33.7. The van der Waals surface area contributed by atoms with E-state index < -0.39 is 0 Å². The highest BCUT2D eigenvalue weighted by molar-refractivity contribution is 14.1. The van der Waals surface area contributed by atoms with Crippen molar-refractivity contribution in [1.29, 1.82) is 0 Å². The molecule has 4 aromatic rings. The largest absolute Gasteiger partial charge is 0.457 e. The van der Waals surface area contributed by atoms with Crippen molar-refractivity contribution in [3.05, 3.63) is 113 Å². The summed E-state index contributed by atoms with van der Waals surface area (Å²) in [6.45, 7) is 6.98. The third-order valence-electron chi connectivity index (χ3n) is 8.49. The van der Waals surface area contributed by atoms with Crippen molar-refractivity contribution in [1.82, 2.24) is 5.32 Å². The van der Waals surface area contributed by atoms with E-state index in [-0.39, 0.29) is 11.6 Å². The molecule has 8 nitrogen and oxygen atoms in total. The minimum absolute atomic E-state index is 0.189. The van der Waals surface area contributed by atoms with Crippen molar-refractivity contribution in [2.24, 2.45) is 0 Å². The lowest BCUT2D eigenvalue weighted by molar-refractivity contribution is -0.172. The molecule has 9 heteroatoms. The first-order chi connectivity index (χ1) is 23.1. The van der Waals surface area contributed by atoms with Crippen LogP contribution in [0.5, 0.6) is 23.0 Å². The molecule has 0 unspecified atom stereocenters. The van der Waals surface area contributed by atoms with Gasteiger partial charge < -0.3 is 38.6 Å². The minimum Gasteiger partial charge on any atom is -0.457 e. The van der Waals surface area contributed by atoms with E-state index in [9.17, 15) is 0 Å². The standard InChI is InChI=1S/C19H21NO3.C12H9IO.C7H13NO2/c1-2-4-17(5-3-1)23-18-8-6-16(7-9-18)20-12-10-19(11-13-20)21-14-15-22-19;13-10-6-8-12(9-7-10)14-11-4-2-1-3-5-11;1-3-8-4-2-7(1)9-5-6-10-7/h1-9H,10-15H2;1-9H;8H,1-6H2. The van der Waals surface area contributed by atoms with E-state index in [2.05, 4.69) is 44.9 Å². The first-order valence-electron chi connectivity index (χ1n) is 16.4. The topological polar surface area (TPSA) is 70.7 Å². The molecule has 0 atom stereocenters. The lowest BCUT2D eigenvalue weighted by Crippen LogP contribution is -2.45. The van der Waals surface area contributed by atoms with Crippen LogP contribution >= 0.6 is 22.6 Å². The summed E-state index contributed by atoms with van der Waals surface area (Å²) in [6, 6.07) is 35.9. The van der Waals surface area contributed by atoms with Crippen LogP contribution in [-0.2, 0) is 18.9 Å². The Morgan fingerprint density at radius 1 is 0.511 bits per heavy atom. The van der Waals surface area contributed by atoms with E-state index in [0.717, 1.165) is 101 Å². The zero-order valence-corrected chi connectivity index (χ0v) is 28.8. The fourth-order valence-electron chi connectivity index (χ4n) is 5.96. The molecule has 8 rings (SSSR count). The van der Waals surface area contributed by atoms with Crippen LogP contribution in [0.25, 0.3) is 0 Å². The monoisotopic (exact) mass is 750 g/mol. The van der Waals surface area contributed by atoms with E-state index in [1.165, 1.54) is 9.26 Å². The molecule has 0 radical (unpaired) electrons. The Kier molecular flexibility index (Phi) is 12.0. The van der Waals surface area contributed by atoms with Crippen molar-refractivity contribution >= 4 is 28.3 Å². The molecule has 0 saturated carbocycles. The van der Waals surface area contributed by atoms with Crippen molar-refractivity contribution in [2.45, 2.75) is 37.3 Å². The lowest BCUT2D eigenvalue weighted by atomic mass is 10.0. The third kappa shape index (κ3) is 9.91. The van der Waals surface area contributed by atoms with E-state index in [0.29, 0.717) is 0 Å². The smallest absolute Gasteiger partial charge is 0.171 e. The summed E-state index contributed by atoms with van der Waals surface area (Å²) in [5, 5.41) is 3.28. The number of ether oxygens (including phenoxy) is 6. The summed E-state index contributed by atoms with van der Waals surface area (Å²) >= 11 is 2.27. The summed E-state index contributed by atoms with van der Waals surface area (Å²) in [5.41, 5.74) is 1.22. The molecule has 4 aliphatic heterocycles. The maximum absolute atomic E-state index is 5.84. The van der Waals surface area contributed by atoms with E-state index >= 15 is 0 Å². The molecule has 4 saturated heterocycles. The number of nitrogens with zero attached hydrogens (tertiary/aromatic N) is 1.